The van der Waals surface area contributed by atoms with E-state index in [2.05, 4.69) is 21.7 Å². The lowest BCUT2D eigenvalue weighted by Crippen LogP contribution is -2.37. The van der Waals surface area contributed by atoms with Crippen molar-refractivity contribution in [1.29, 1.82) is 5.26 Å². The number of benzene rings is 1. The Bertz CT molecular complexity index is 514. The highest BCUT2D eigenvalue weighted by Crippen LogP contribution is 2.28. The van der Waals surface area contributed by atoms with Gasteiger partial charge >= 0.3 is 0 Å². The number of aliphatic imine (C=N–C) groups is 1. The molecule has 0 amide bonds. The van der Waals surface area contributed by atoms with Crippen molar-refractivity contribution in [3.63, 3.8) is 0 Å². The van der Waals surface area contributed by atoms with Gasteiger partial charge in [0.2, 0.25) is 0 Å². The summed E-state index contributed by atoms with van der Waals surface area (Å²) in [5, 5.41) is 15.3. The van der Waals surface area contributed by atoms with Gasteiger partial charge in [0, 0.05) is 33.4 Å². The SMILES string of the molecule is CN=C(NCCCOCC1CC1)NCc1ccc(C#N)cc1. The average molecular weight is 300 g/mol. The zero-order chi connectivity index (χ0) is 15.6. The first kappa shape index (κ1) is 16.3. The molecule has 0 aliphatic heterocycles. The number of nitrogens with zero attached hydrogens (tertiary/aromatic N) is 2. The predicted molar refractivity (Wildman–Crippen MR) is 87.5 cm³/mol. The molecule has 0 aromatic heterocycles. The van der Waals surface area contributed by atoms with Gasteiger partial charge in [-0.25, -0.2) is 0 Å². The minimum absolute atomic E-state index is 0.678. The first-order chi connectivity index (χ1) is 10.8. The Morgan fingerprint density at radius 1 is 1.32 bits per heavy atom. The van der Waals surface area contributed by atoms with Crippen molar-refractivity contribution >= 4 is 5.96 Å². The number of nitrogens with one attached hydrogen (secondary N) is 2. The largest absolute Gasteiger partial charge is 0.381 e. The van der Waals surface area contributed by atoms with Gasteiger partial charge in [-0.3, -0.25) is 4.99 Å². The van der Waals surface area contributed by atoms with Crippen LogP contribution in [0.4, 0.5) is 0 Å². The Morgan fingerprint density at radius 2 is 2.09 bits per heavy atom. The van der Waals surface area contributed by atoms with Crippen LogP contribution in [-0.4, -0.2) is 32.8 Å². The van der Waals surface area contributed by atoms with Crippen LogP contribution in [0.2, 0.25) is 0 Å². The highest BCUT2D eigenvalue weighted by molar-refractivity contribution is 5.79. The van der Waals surface area contributed by atoms with E-state index in [0.29, 0.717) is 12.1 Å². The Morgan fingerprint density at radius 3 is 2.73 bits per heavy atom. The van der Waals surface area contributed by atoms with Crippen LogP contribution in [0.25, 0.3) is 0 Å². The molecule has 1 aliphatic rings. The van der Waals surface area contributed by atoms with Crippen molar-refractivity contribution in [1.82, 2.24) is 10.6 Å². The summed E-state index contributed by atoms with van der Waals surface area (Å²) in [6, 6.07) is 9.66. The van der Waals surface area contributed by atoms with Gasteiger partial charge in [0.1, 0.15) is 0 Å². The molecule has 5 nitrogen and oxygen atoms in total. The third kappa shape index (κ3) is 6.15. The van der Waals surface area contributed by atoms with E-state index in [9.17, 15) is 0 Å². The van der Waals surface area contributed by atoms with Crippen LogP contribution < -0.4 is 10.6 Å². The number of rotatable bonds is 8. The lowest BCUT2D eigenvalue weighted by Gasteiger charge is -2.12. The molecule has 0 spiro atoms. The molecule has 1 aromatic carbocycles. The molecular formula is C17H24N4O. The first-order valence-corrected chi connectivity index (χ1v) is 7.83. The summed E-state index contributed by atoms with van der Waals surface area (Å²) in [4.78, 5) is 4.19. The van der Waals surface area contributed by atoms with Crippen LogP contribution in [0.3, 0.4) is 0 Å². The fraction of sp³-hybridized carbons (Fsp3) is 0.529. The van der Waals surface area contributed by atoms with E-state index < -0.39 is 0 Å². The molecule has 2 rings (SSSR count). The highest BCUT2D eigenvalue weighted by atomic mass is 16.5. The smallest absolute Gasteiger partial charge is 0.191 e. The van der Waals surface area contributed by atoms with Gasteiger partial charge in [-0.2, -0.15) is 5.26 Å². The fourth-order valence-electron chi connectivity index (χ4n) is 2.02. The molecule has 0 saturated heterocycles. The van der Waals surface area contributed by atoms with Gasteiger partial charge in [-0.1, -0.05) is 12.1 Å². The fourth-order valence-corrected chi connectivity index (χ4v) is 2.02. The van der Waals surface area contributed by atoms with Crippen molar-refractivity contribution in [2.45, 2.75) is 25.8 Å². The summed E-state index contributed by atoms with van der Waals surface area (Å²) in [7, 11) is 1.76. The third-order valence-corrected chi connectivity index (χ3v) is 3.57. The van der Waals surface area contributed by atoms with Gasteiger partial charge in [-0.05, 0) is 42.9 Å². The Balaban J connectivity index is 1.58. The number of hydrogen-bond donors (Lipinski definition) is 2. The van der Waals surface area contributed by atoms with Crippen molar-refractivity contribution in [3.05, 3.63) is 35.4 Å². The summed E-state index contributed by atoms with van der Waals surface area (Å²) in [5.41, 5.74) is 1.80. The molecule has 0 atom stereocenters. The normalized spacial score (nSPS) is 14.5. The highest BCUT2D eigenvalue weighted by Gasteiger charge is 2.20. The summed E-state index contributed by atoms with van der Waals surface area (Å²) in [5.74, 6) is 1.61. The molecule has 0 bridgehead atoms. The predicted octanol–water partition coefficient (Wildman–Crippen LogP) is 2.04. The van der Waals surface area contributed by atoms with E-state index in [0.717, 1.165) is 43.6 Å². The molecule has 1 saturated carbocycles. The molecular weight excluding hydrogens is 276 g/mol. The number of ether oxygens (including phenoxy) is 1. The maximum atomic E-state index is 8.77. The average Bonchev–Trinajstić information content (AvgIpc) is 3.38. The Kier molecular flexibility index (Phi) is 6.72. The second kappa shape index (κ2) is 9.06. The summed E-state index contributed by atoms with van der Waals surface area (Å²) >= 11 is 0. The second-order valence-electron chi connectivity index (χ2n) is 5.53. The molecule has 1 fully saturated rings. The van der Waals surface area contributed by atoms with Crippen LogP contribution in [0.15, 0.2) is 29.3 Å². The molecule has 118 valence electrons. The standard InChI is InChI=1S/C17H24N4O/c1-19-17(20-9-2-10-22-13-16-7-8-16)21-12-15-5-3-14(11-18)4-6-15/h3-6,16H,2,7-10,12-13H2,1H3,(H2,19,20,21). The van der Waals surface area contributed by atoms with Crippen molar-refractivity contribution in [2.75, 3.05) is 26.8 Å². The molecule has 22 heavy (non-hydrogen) atoms. The topological polar surface area (TPSA) is 69.4 Å². The van der Waals surface area contributed by atoms with E-state index in [-0.39, 0.29) is 0 Å². The molecule has 1 aromatic rings. The zero-order valence-corrected chi connectivity index (χ0v) is 13.1. The third-order valence-electron chi connectivity index (χ3n) is 3.57. The maximum absolute atomic E-state index is 8.77. The van der Waals surface area contributed by atoms with Gasteiger partial charge in [0.15, 0.2) is 5.96 Å². The van der Waals surface area contributed by atoms with Crippen LogP contribution in [0, 0.1) is 17.2 Å². The molecule has 0 unspecified atom stereocenters. The van der Waals surface area contributed by atoms with Crippen molar-refractivity contribution in [2.24, 2.45) is 10.9 Å². The van der Waals surface area contributed by atoms with Crippen molar-refractivity contribution in [3.8, 4) is 6.07 Å². The summed E-state index contributed by atoms with van der Waals surface area (Å²) < 4.78 is 5.60. The Labute approximate surface area is 132 Å². The maximum Gasteiger partial charge on any atom is 0.191 e. The van der Waals surface area contributed by atoms with Crippen molar-refractivity contribution < 1.29 is 4.74 Å². The van der Waals surface area contributed by atoms with Crippen LogP contribution in [-0.2, 0) is 11.3 Å². The monoisotopic (exact) mass is 300 g/mol. The summed E-state index contributed by atoms with van der Waals surface area (Å²) in [6.45, 7) is 3.25. The van der Waals surface area contributed by atoms with E-state index in [1.165, 1.54) is 12.8 Å². The first-order valence-electron chi connectivity index (χ1n) is 7.83. The molecule has 0 heterocycles. The van der Waals surface area contributed by atoms with E-state index in [1.54, 1.807) is 7.05 Å². The van der Waals surface area contributed by atoms with Crippen LogP contribution >= 0.6 is 0 Å². The lowest BCUT2D eigenvalue weighted by atomic mass is 10.1. The number of hydrogen-bond acceptors (Lipinski definition) is 3. The van der Waals surface area contributed by atoms with E-state index in [4.69, 9.17) is 10.00 Å². The summed E-state index contributed by atoms with van der Waals surface area (Å²) in [6.07, 6.45) is 3.65. The zero-order valence-electron chi connectivity index (χ0n) is 13.1. The minimum atomic E-state index is 0.678. The van der Waals surface area contributed by atoms with Gasteiger partial charge < -0.3 is 15.4 Å². The molecule has 0 radical (unpaired) electrons. The molecule has 5 heteroatoms. The number of nitriles is 1. The van der Waals surface area contributed by atoms with Crippen LogP contribution in [0.1, 0.15) is 30.4 Å². The quantitative estimate of drug-likeness (QED) is 0.438. The van der Waals surface area contributed by atoms with Gasteiger partial charge in [0.25, 0.3) is 0 Å². The molecule has 2 N–H and O–H groups in total. The second-order valence-corrected chi connectivity index (χ2v) is 5.53. The van der Waals surface area contributed by atoms with Crippen LogP contribution in [0.5, 0.6) is 0 Å². The minimum Gasteiger partial charge on any atom is -0.381 e. The van der Waals surface area contributed by atoms with Gasteiger partial charge in [-0.15, -0.1) is 0 Å². The van der Waals surface area contributed by atoms with E-state index in [1.807, 2.05) is 24.3 Å². The number of guanidine groups is 1. The lowest BCUT2D eigenvalue weighted by molar-refractivity contribution is 0.123. The molecule has 1 aliphatic carbocycles. The van der Waals surface area contributed by atoms with Gasteiger partial charge in [0.05, 0.1) is 11.6 Å². The van der Waals surface area contributed by atoms with E-state index >= 15 is 0 Å². The Hall–Kier alpha value is -2.06.